The average molecular weight is 500 g/mol. The second-order valence-corrected chi connectivity index (χ2v) is 8.73. The van der Waals surface area contributed by atoms with Crippen LogP contribution in [0.1, 0.15) is 23.5 Å². The van der Waals surface area contributed by atoms with E-state index in [-0.39, 0.29) is 30.3 Å². The molecular formula is C27H25N5O3S. The molecule has 3 heterocycles. The Morgan fingerprint density at radius 3 is 2.50 bits per heavy atom. The van der Waals surface area contributed by atoms with Gasteiger partial charge < -0.3 is 29.9 Å². The number of amides is 1. The minimum absolute atomic E-state index is 0.00996. The molecule has 1 fully saturated rings. The molecule has 0 saturated carbocycles. The maximum atomic E-state index is 11.9. The van der Waals surface area contributed by atoms with Gasteiger partial charge in [-0.15, -0.1) is 0 Å². The number of phenols is 1. The number of aromatic hydroxyl groups is 1. The second kappa shape index (κ2) is 10.2. The van der Waals surface area contributed by atoms with Gasteiger partial charge in [0.25, 0.3) is 0 Å². The number of aromatic nitrogens is 2. The number of rotatable bonds is 7. The summed E-state index contributed by atoms with van der Waals surface area (Å²) in [4.78, 5) is 18.6. The Bertz CT molecular complexity index is 1360. The van der Waals surface area contributed by atoms with Gasteiger partial charge in [-0.1, -0.05) is 6.07 Å². The predicted octanol–water partition coefficient (Wildman–Crippen LogP) is 4.34. The van der Waals surface area contributed by atoms with E-state index in [9.17, 15) is 9.90 Å². The molecule has 36 heavy (non-hydrogen) atoms. The largest absolute Gasteiger partial charge is 0.508 e. The number of carbonyl (C=O) groups excluding carboxylic acids is 1. The van der Waals surface area contributed by atoms with Crippen LogP contribution in [-0.4, -0.2) is 39.4 Å². The Kier molecular flexibility index (Phi) is 6.66. The van der Waals surface area contributed by atoms with Gasteiger partial charge in [0.2, 0.25) is 5.91 Å². The number of hydrogen-bond acceptors (Lipinski definition) is 5. The molecule has 3 N–H and O–H groups in total. The zero-order chi connectivity index (χ0) is 25.1. The molecule has 0 bridgehead atoms. The summed E-state index contributed by atoms with van der Waals surface area (Å²) in [6.45, 7) is -0.00996. The van der Waals surface area contributed by atoms with Crippen molar-refractivity contribution in [1.29, 1.82) is 0 Å². The van der Waals surface area contributed by atoms with E-state index < -0.39 is 0 Å². The van der Waals surface area contributed by atoms with E-state index in [0.717, 1.165) is 22.8 Å². The summed E-state index contributed by atoms with van der Waals surface area (Å²) in [5.74, 6) is -0.00902. The highest BCUT2D eigenvalue weighted by atomic mass is 32.1. The summed E-state index contributed by atoms with van der Waals surface area (Å²) in [5, 5.41) is 16.6. The van der Waals surface area contributed by atoms with Crippen molar-refractivity contribution in [2.75, 3.05) is 23.9 Å². The zero-order valence-corrected chi connectivity index (χ0v) is 20.4. The number of methoxy groups -OCH3 is 1. The molecule has 2 aromatic heterocycles. The predicted molar refractivity (Wildman–Crippen MR) is 142 cm³/mol. The van der Waals surface area contributed by atoms with Gasteiger partial charge in [0, 0.05) is 42.3 Å². The number of ether oxygens (including phenoxy) is 1. The zero-order valence-electron chi connectivity index (χ0n) is 19.5. The Hall–Kier alpha value is -4.21. The molecule has 4 aromatic rings. The monoisotopic (exact) mass is 499 g/mol. The minimum atomic E-state index is -0.219. The standard InChI is InChI=1S/C27H25N5O3S/c1-35-17-24(34)29-18-7-9-20(10-8-18)32-26(25(30-27(32)36)22-5-2-3-15-28-22)23-6-4-16-31(23)19-11-13-21(33)14-12-19/h2-16,25-26,33H,17H2,1H3,(H,29,34)(H,30,36)/t25-,26+/m1/s1. The first-order chi connectivity index (χ1) is 17.5. The maximum absolute atomic E-state index is 11.9. The molecule has 8 nitrogen and oxygen atoms in total. The molecule has 1 aliphatic heterocycles. The summed E-state index contributed by atoms with van der Waals surface area (Å²) in [6.07, 6.45) is 3.77. The first-order valence-corrected chi connectivity index (χ1v) is 11.8. The van der Waals surface area contributed by atoms with Crippen molar-refractivity contribution in [3.05, 3.63) is 103 Å². The molecule has 182 valence electrons. The Balaban J connectivity index is 1.55. The normalized spacial score (nSPS) is 17.1. The lowest BCUT2D eigenvalue weighted by molar-refractivity contribution is -0.119. The number of nitrogens with zero attached hydrogens (tertiary/aromatic N) is 3. The van der Waals surface area contributed by atoms with Crippen LogP contribution < -0.4 is 15.5 Å². The summed E-state index contributed by atoms with van der Waals surface area (Å²) in [7, 11) is 1.48. The third kappa shape index (κ3) is 4.66. The van der Waals surface area contributed by atoms with Crippen LogP contribution in [-0.2, 0) is 9.53 Å². The van der Waals surface area contributed by atoms with Gasteiger partial charge in [-0.05, 0) is 85.0 Å². The second-order valence-electron chi connectivity index (χ2n) is 8.34. The first-order valence-electron chi connectivity index (χ1n) is 11.4. The topological polar surface area (TPSA) is 91.7 Å². The first kappa shape index (κ1) is 23.5. The smallest absolute Gasteiger partial charge is 0.250 e. The van der Waals surface area contributed by atoms with E-state index in [1.807, 2.05) is 66.9 Å². The molecule has 1 aliphatic rings. The number of phenolic OH excluding ortho intramolecular Hbond substituents is 1. The maximum Gasteiger partial charge on any atom is 0.250 e. The fourth-order valence-electron chi connectivity index (χ4n) is 4.45. The third-order valence-electron chi connectivity index (χ3n) is 6.01. The van der Waals surface area contributed by atoms with E-state index in [2.05, 4.69) is 31.2 Å². The van der Waals surface area contributed by atoms with Gasteiger partial charge >= 0.3 is 0 Å². The van der Waals surface area contributed by atoms with Crippen LogP contribution in [0.15, 0.2) is 91.3 Å². The van der Waals surface area contributed by atoms with Crippen molar-refractivity contribution >= 4 is 34.6 Å². The van der Waals surface area contributed by atoms with Gasteiger partial charge in [-0.3, -0.25) is 9.78 Å². The lowest BCUT2D eigenvalue weighted by Crippen LogP contribution is -2.30. The number of nitrogens with one attached hydrogen (secondary N) is 2. The van der Waals surface area contributed by atoms with Crippen LogP contribution in [0.3, 0.4) is 0 Å². The van der Waals surface area contributed by atoms with Gasteiger partial charge in [-0.2, -0.15) is 0 Å². The van der Waals surface area contributed by atoms with Gasteiger partial charge in [0.1, 0.15) is 18.4 Å². The van der Waals surface area contributed by atoms with Crippen LogP contribution in [0.4, 0.5) is 11.4 Å². The lowest BCUT2D eigenvalue weighted by atomic mass is 10.0. The van der Waals surface area contributed by atoms with E-state index in [0.29, 0.717) is 10.8 Å². The highest BCUT2D eigenvalue weighted by molar-refractivity contribution is 7.80. The quantitative estimate of drug-likeness (QED) is 0.326. The summed E-state index contributed by atoms with van der Waals surface area (Å²) < 4.78 is 6.98. The molecular weight excluding hydrogens is 474 g/mol. The average Bonchev–Trinajstić information content (AvgIpc) is 3.50. The Labute approximate surface area is 214 Å². The molecule has 2 atom stereocenters. The summed E-state index contributed by atoms with van der Waals surface area (Å²) in [6, 6.07) is 24.1. The summed E-state index contributed by atoms with van der Waals surface area (Å²) in [5.41, 5.74) is 4.33. The van der Waals surface area contributed by atoms with Crippen molar-refractivity contribution in [3.8, 4) is 11.4 Å². The Morgan fingerprint density at radius 2 is 1.81 bits per heavy atom. The number of pyridine rings is 1. The van der Waals surface area contributed by atoms with Crippen molar-refractivity contribution in [2.24, 2.45) is 0 Å². The molecule has 9 heteroatoms. The molecule has 1 amide bonds. The van der Waals surface area contributed by atoms with E-state index in [1.165, 1.54) is 7.11 Å². The van der Waals surface area contributed by atoms with E-state index in [1.54, 1.807) is 18.3 Å². The highest BCUT2D eigenvalue weighted by Crippen LogP contribution is 2.42. The Morgan fingerprint density at radius 1 is 1.06 bits per heavy atom. The van der Waals surface area contributed by atoms with Crippen molar-refractivity contribution < 1.29 is 14.6 Å². The van der Waals surface area contributed by atoms with Crippen LogP contribution in [0.5, 0.6) is 5.75 Å². The van der Waals surface area contributed by atoms with Crippen molar-refractivity contribution in [1.82, 2.24) is 14.9 Å². The third-order valence-corrected chi connectivity index (χ3v) is 6.33. The number of anilines is 2. The van der Waals surface area contributed by atoms with Gasteiger partial charge in [-0.25, -0.2) is 0 Å². The van der Waals surface area contributed by atoms with Gasteiger partial charge in [0.15, 0.2) is 5.11 Å². The molecule has 0 aliphatic carbocycles. The fourth-order valence-corrected chi connectivity index (χ4v) is 4.80. The van der Waals surface area contributed by atoms with Crippen LogP contribution in [0.2, 0.25) is 0 Å². The molecule has 5 rings (SSSR count). The summed E-state index contributed by atoms with van der Waals surface area (Å²) >= 11 is 5.82. The fraction of sp³-hybridized carbons (Fsp3) is 0.148. The minimum Gasteiger partial charge on any atom is -0.508 e. The molecule has 0 spiro atoms. The number of benzene rings is 2. The van der Waals surface area contributed by atoms with Crippen LogP contribution in [0, 0.1) is 0 Å². The van der Waals surface area contributed by atoms with Crippen LogP contribution in [0.25, 0.3) is 5.69 Å². The van der Waals surface area contributed by atoms with Crippen molar-refractivity contribution in [2.45, 2.75) is 12.1 Å². The number of thiocarbonyl (C=S) groups is 1. The number of carbonyl (C=O) groups is 1. The SMILES string of the molecule is COCC(=O)Nc1ccc(N2C(=S)N[C@H](c3ccccn3)[C@@H]2c2cccn2-c2ccc(O)cc2)cc1. The molecule has 2 aromatic carbocycles. The number of hydrogen-bond donors (Lipinski definition) is 3. The van der Waals surface area contributed by atoms with E-state index in [4.69, 9.17) is 17.0 Å². The lowest BCUT2D eigenvalue weighted by Gasteiger charge is -2.29. The van der Waals surface area contributed by atoms with E-state index >= 15 is 0 Å². The molecule has 0 radical (unpaired) electrons. The van der Waals surface area contributed by atoms with Gasteiger partial charge in [0.05, 0.1) is 11.7 Å². The van der Waals surface area contributed by atoms with Crippen LogP contribution >= 0.6 is 12.2 Å². The highest BCUT2D eigenvalue weighted by Gasteiger charge is 2.42. The molecule has 1 saturated heterocycles. The van der Waals surface area contributed by atoms with Crippen molar-refractivity contribution in [3.63, 3.8) is 0 Å². The molecule has 0 unspecified atom stereocenters.